The Hall–Kier alpha value is -1.10. The number of aliphatic carboxylic acids is 1. The molecule has 1 saturated carbocycles. The van der Waals surface area contributed by atoms with Crippen molar-refractivity contribution in [3.05, 3.63) is 0 Å². The van der Waals surface area contributed by atoms with Gasteiger partial charge in [0, 0.05) is 0 Å². The lowest BCUT2D eigenvalue weighted by molar-refractivity contribution is -0.139. The zero-order valence-corrected chi connectivity index (χ0v) is 8.95. The average Bonchev–Trinajstić information content (AvgIpc) is 2.51. The predicted molar refractivity (Wildman–Crippen MR) is 55.2 cm³/mol. The lowest BCUT2D eigenvalue weighted by Crippen LogP contribution is -2.52. The van der Waals surface area contributed by atoms with Crippen molar-refractivity contribution in [1.29, 1.82) is 0 Å². The monoisotopic (exact) mass is 214 g/mol. The van der Waals surface area contributed by atoms with E-state index in [1.807, 2.05) is 0 Å². The van der Waals surface area contributed by atoms with Crippen LogP contribution in [0.3, 0.4) is 0 Å². The van der Waals surface area contributed by atoms with Gasteiger partial charge < -0.3 is 16.2 Å². The number of carbonyl (C=O) groups excluding carboxylic acids is 1. The quantitative estimate of drug-likeness (QED) is 0.625. The summed E-state index contributed by atoms with van der Waals surface area (Å²) in [5, 5.41) is 11.6. The maximum atomic E-state index is 11.5. The number of rotatable bonds is 4. The first-order valence-corrected chi connectivity index (χ1v) is 5.25. The van der Waals surface area contributed by atoms with E-state index in [-0.39, 0.29) is 12.3 Å². The van der Waals surface area contributed by atoms with Crippen molar-refractivity contribution < 1.29 is 14.7 Å². The lowest BCUT2D eigenvalue weighted by atomic mass is 9.93. The Morgan fingerprint density at radius 2 is 2.00 bits per heavy atom. The van der Waals surface area contributed by atoms with Crippen molar-refractivity contribution in [1.82, 2.24) is 5.32 Å². The normalized spacial score (nSPS) is 20.9. The van der Waals surface area contributed by atoms with E-state index in [2.05, 4.69) is 5.32 Å². The molecule has 86 valence electrons. The van der Waals surface area contributed by atoms with Crippen LogP contribution >= 0.6 is 0 Å². The molecule has 5 heteroatoms. The van der Waals surface area contributed by atoms with Crippen LogP contribution in [0.5, 0.6) is 0 Å². The van der Waals surface area contributed by atoms with Crippen LogP contribution in [0.2, 0.25) is 0 Å². The van der Waals surface area contributed by atoms with Crippen molar-refractivity contribution in [2.24, 2.45) is 5.73 Å². The van der Waals surface area contributed by atoms with E-state index in [0.717, 1.165) is 25.7 Å². The molecule has 4 N–H and O–H groups in total. The fourth-order valence-corrected chi connectivity index (χ4v) is 2.06. The van der Waals surface area contributed by atoms with Gasteiger partial charge in [-0.25, -0.2) is 0 Å². The number of nitrogens with one attached hydrogen (secondary N) is 1. The number of carboxylic acids is 1. The van der Waals surface area contributed by atoms with Crippen LogP contribution in [0.25, 0.3) is 0 Å². The molecule has 1 rings (SSSR count). The van der Waals surface area contributed by atoms with Crippen LogP contribution in [0.15, 0.2) is 0 Å². The third kappa shape index (κ3) is 3.20. The molecule has 0 bridgehead atoms. The topological polar surface area (TPSA) is 92.4 Å². The van der Waals surface area contributed by atoms with E-state index in [4.69, 9.17) is 10.8 Å². The molecular formula is C10H18N2O3. The van der Waals surface area contributed by atoms with E-state index in [1.54, 1.807) is 6.92 Å². The van der Waals surface area contributed by atoms with Gasteiger partial charge in [-0.1, -0.05) is 12.8 Å². The van der Waals surface area contributed by atoms with Gasteiger partial charge in [-0.05, 0) is 19.8 Å². The highest BCUT2D eigenvalue weighted by Gasteiger charge is 2.37. The zero-order chi connectivity index (χ0) is 11.5. The van der Waals surface area contributed by atoms with Gasteiger partial charge in [0.25, 0.3) is 0 Å². The summed E-state index contributed by atoms with van der Waals surface area (Å²) >= 11 is 0. The van der Waals surface area contributed by atoms with Crippen molar-refractivity contribution in [2.45, 2.75) is 50.6 Å². The fraction of sp³-hybridized carbons (Fsp3) is 0.800. The molecule has 0 unspecified atom stereocenters. The molecule has 1 aliphatic carbocycles. The minimum Gasteiger partial charge on any atom is -0.481 e. The van der Waals surface area contributed by atoms with E-state index in [9.17, 15) is 9.59 Å². The first-order chi connectivity index (χ1) is 6.95. The van der Waals surface area contributed by atoms with Gasteiger partial charge in [-0.15, -0.1) is 0 Å². The Labute approximate surface area is 89.0 Å². The van der Waals surface area contributed by atoms with Crippen LogP contribution < -0.4 is 11.1 Å². The Kier molecular flexibility index (Phi) is 3.68. The third-order valence-electron chi connectivity index (χ3n) is 2.85. The summed E-state index contributed by atoms with van der Waals surface area (Å²) in [5.41, 5.74) is 4.89. The second-order valence-electron chi connectivity index (χ2n) is 4.34. The van der Waals surface area contributed by atoms with Gasteiger partial charge >= 0.3 is 5.97 Å². The Bertz CT molecular complexity index is 257. The molecule has 1 atom stereocenters. The van der Waals surface area contributed by atoms with Crippen LogP contribution in [-0.4, -0.2) is 28.6 Å². The van der Waals surface area contributed by atoms with Gasteiger partial charge in [0.1, 0.15) is 0 Å². The Morgan fingerprint density at radius 1 is 1.47 bits per heavy atom. The minimum absolute atomic E-state index is 0.00847. The molecular weight excluding hydrogens is 196 g/mol. The molecule has 15 heavy (non-hydrogen) atoms. The summed E-state index contributed by atoms with van der Waals surface area (Å²) < 4.78 is 0. The van der Waals surface area contributed by atoms with Gasteiger partial charge in [0.2, 0.25) is 5.91 Å². The lowest BCUT2D eigenvalue weighted by Gasteiger charge is -2.29. The second-order valence-corrected chi connectivity index (χ2v) is 4.34. The van der Waals surface area contributed by atoms with Crippen LogP contribution in [-0.2, 0) is 9.59 Å². The van der Waals surface area contributed by atoms with Crippen LogP contribution in [0.1, 0.15) is 39.0 Å². The molecule has 5 nitrogen and oxygen atoms in total. The van der Waals surface area contributed by atoms with E-state index < -0.39 is 17.6 Å². The Morgan fingerprint density at radius 3 is 2.40 bits per heavy atom. The highest BCUT2D eigenvalue weighted by atomic mass is 16.4. The molecule has 0 spiro atoms. The third-order valence-corrected chi connectivity index (χ3v) is 2.85. The smallest absolute Gasteiger partial charge is 0.305 e. The van der Waals surface area contributed by atoms with Crippen molar-refractivity contribution in [2.75, 3.05) is 0 Å². The van der Waals surface area contributed by atoms with Crippen molar-refractivity contribution in [3.8, 4) is 0 Å². The largest absolute Gasteiger partial charge is 0.481 e. The molecule has 0 heterocycles. The summed E-state index contributed by atoms with van der Waals surface area (Å²) in [6.45, 7) is 1.60. The SMILES string of the molecule is C[C@H](N)C(=O)NC1(CC(=O)O)CCCC1. The second kappa shape index (κ2) is 4.61. The van der Waals surface area contributed by atoms with Crippen LogP contribution in [0, 0.1) is 0 Å². The summed E-state index contributed by atoms with van der Waals surface area (Å²) in [4.78, 5) is 22.2. The minimum atomic E-state index is -0.873. The first kappa shape index (κ1) is 12.0. The summed E-state index contributed by atoms with van der Waals surface area (Å²) in [5.74, 6) is -1.14. The molecule has 0 aliphatic heterocycles. The van der Waals surface area contributed by atoms with Gasteiger partial charge in [0.05, 0.1) is 18.0 Å². The van der Waals surface area contributed by atoms with Crippen LogP contribution in [0.4, 0.5) is 0 Å². The van der Waals surface area contributed by atoms with Crippen molar-refractivity contribution in [3.63, 3.8) is 0 Å². The number of nitrogens with two attached hydrogens (primary N) is 1. The number of hydrogen-bond acceptors (Lipinski definition) is 3. The highest BCUT2D eigenvalue weighted by molar-refractivity contribution is 5.82. The maximum Gasteiger partial charge on any atom is 0.305 e. The molecule has 0 saturated heterocycles. The van der Waals surface area contributed by atoms with Gasteiger partial charge in [-0.3, -0.25) is 9.59 Å². The summed E-state index contributed by atoms with van der Waals surface area (Å²) in [6, 6.07) is -0.587. The standard InChI is InChI=1S/C10H18N2O3/c1-7(11)9(15)12-10(6-8(13)14)4-2-3-5-10/h7H,2-6,11H2,1H3,(H,12,15)(H,13,14)/t7-/m0/s1. The van der Waals surface area contributed by atoms with Gasteiger partial charge in [0.15, 0.2) is 0 Å². The summed E-state index contributed by atoms with van der Waals surface area (Å²) in [6.07, 6.45) is 3.39. The van der Waals surface area contributed by atoms with E-state index >= 15 is 0 Å². The number of carboxylic acid groups (broad SMARTS) is 1. The molecule has 1 aliphatic rings. The molecule has 1 fully saturated rings. The first-order valence-electron chi connectivity index (χ1n) is 5.25. The summed E-state index contributed by atoms with van der Waals surface area (Å²) in [7, 11) is 0. The molecule has 0 aromatic heterocycles. The fourth-order valence-electron chi connectivity index (χ4n) is 2.06. The molecule has 1 amide bonds. The maximum absolute atomic E-state index is 11.5. The number of carbonyl (C=O) groups is 2. The zero-order valence-electron chi connectivity index (χ0n) is 8.95. The van der Waals surface area contributed by atoms with E-state index in [1.165, 1.54) is 0 Å². The number of amides is 1. The molecule has 0 aromatic rings. The molecule has 0 radical (unpaired) electrons. The van der Waals surface area contributed by atoms with E-state index in [0.29, 0.717) is 0 Å². The predicted octanol–water partition coefficient (Wildman–Crippen LogP) is 0.237. The highest BCUT2D eigenvalue weighted by Crippen LogP contribution is 2.32. The number of hydrogen-bond donors (Lipinski definition) is 3. The average molecular weight is 214 g/mol. The van der Waals surface area contributed by atoms with Crippen molar-refractivity contribution >= 4 is 11.9 Å². The molecule has 0 aromatic carbocycles. The van der Waals surface area contributed by atoms with Gasteiger partial charge in [-0.2, -0.15) is 0 Å². The Balaban J connectivity index is 2.65.